The number of aryl methyl sites for hydroxylation is 1. The van der Waals surface area contributed by atoms with Gasteiger partial charge in [0, 0.05) is 34.4 Å². The van der Waals surface area contributed by atoms with Crippen molar-refractivity contribution in [1.29, 1.82) is 0 Å². The summed E-state index contributed by atoms with van der Waals surface area (Å²) in [6, 6.07) is 2.03. The molecule has 96 valence electrons. The van der Waals surface area contributed by atoms with Gasteiger partial charge in [0.15, 0.2) is 0 Å². The lowest BCUT2D eigenvalue weighted by Crippen LogP contribution is -2.26. The minimum absolute atomic E-state index is 0.107. The largest absolute Gasteiger partial charge is 0.341 e. The normalized spacial score (nSPS) is 10.6. The minimum Gasteiger partial charge on any atom is -0.341 e. The Bertz CT molecular complexity index is 511. The Morgan fingerprint density at radius 3 is 3.06 bits per heavy atom. The van der Waals surface area contributed by atoms with Crippen molar-refractivity contribution < 1.29 is 4.79 Å². The van der Waals surface area contributed by atoms with Gasteiger partial charge in [0.1, 0.15) is 0 Å². The second-order valence-corrected chi connectivity index (χ2v) is 5.81. The molecule has 0 bridgehead atoms. The molecule has 0 saturated heterocycles. The lowest BCUT2D eigenvalue weighted by molar-refractivity contribution is -0.130. The maximum absolute atomic E-state index is 11.9. The van der Waals surface area contributed by atoms with Crippen LogP contribution in [0.15, 0.2) is 28.3 Å². The van der Waals surface area contributed by atoms with Crippen molar-refractivity contribution in [3.05, 3.63) is 33.2 Å². The van der Waals surface area contributed by atoms with Gasteiger partial charge in [-0.15, -0.1) is 16.4 Å². The molecule has 0 aromatic carbocycles. The number of amides is 1. The SMILES string of the molecule is CN(Cc1cc(Br)cs1)C(=O)CCn1ccnn1. The predicted molar refractivity (Wildman–Crippen MR) is 73.1 cm³/mol. The van der Waals surface area contributed by atoms with Gasteiger partial charge in [-0.3, -0.25) is 9.48 Å². The van der Waals surface area contributed by atoms with Crippen molar-refractivity contribution in [3.63, 3.8) is 0 Å². The van der Waals surface area contributed by atoms with Crippen LogP contribution >= 0.6 is 27.3 Å². The van der Waals surface area contributed by atoms with Crippen LogP contribution in [0.3, 0.4) is 0 Å². The maximum atomic E-state index is 11.9. The highest BCUT2D eigenvalue weighted by molar-refractivity contribution is 9.10. The van der Waals surface area contributed by atoms with Crippen molar-refractivity contribution in [2.45, 2.75) is 19.5 Å². The Balaban J connectivity index is 1.81. The Morgan fingerprint density at radius 2 is 2.44 bits per heavy atom. The Hall–Kier alpha value is -1.21. The monoisotopic (exact) mass is 328 g/mol. The van der Waals surface area contributed by atoms with Crippen LogP contribution in [-0.4, -0.2) is 32.8 Å². The van der Waals surface area contributed by atoms with Gasteiger partial charge in [0.25, 0.3) is 0 Å². The Labute approximate surface area is 118 Å². The van der Waals surface area contributed by atoms with Gasteiger partial charge in [-0.05, 0) is 22.0 Å². The highest BCUT2D eigenvalue weighted by atomic mass is 79.9. The summed E-state index contributed by atoms with van der Waals surface area (Å²) in [6.45, 7) is 1.21. The second-order valence-electron chi connectivity index (χ2n) is 3.90. The fraction of sp³-hybridized carbons (Fsp3) is 0.364. The van der Waals surface area contributed by atoms with Gasteiger partial charge in [0.05, 0.1) is 19.3 Å². The van der Waals surface area contributed by atoms with Crippen molar-refractivity contribution in [2.75, 3.05) is 7.05 Å². The Morgan fingerprint density at radius 1 is 1.61 bits per heavy atom. The lowest BCUT2D eigenvalue weighted by Gasteiger charge is -2.15. The molecule has 2 aromatic rings. The molecule has 2 aromatic heterocycles. The number of aromatic nitrogens is 3. The first-order valence-electron chi connectivity index (χ1n) is 5.46. The van der Waals surface area contributed by atoms with Crippen molar-refractivity contribution in [2.24, 2.45) is 0 Å². The van der Waals surface area contributed by atoms with Crippen molar-refractivity contribution in [1.82, 2.24) is 19.9 Å². The topological polar surface area (TPSA) is 51.0 Å². The molecule has 2 heterocycles. The molecule has 0 fully saturated rings. The molecule has 0 radical (unpaired) electrons. The van der Waals surface area contributed by atoms with Crippen LogP contribution < -0.4 is 0 Å². The van der Waals surface area contributed by atoms with E-state index in [2.05, 4.69) is 26.2 Å². The molecular formula is C11H13BrN4OS. The van der Waals surface area contributed by atoms with E-state index < -0.39 is 0 Å². The van der Waals surface area contributed by atoms with Crippen LogP contribution in [0, 0.1) is 0 Å². The molecule has 0 saturated carbocycles. The van der Waals surface area contributed by atoms with Gasteiger partial charge in [-0.25, -0.2) is 0 Å². The summed E-state index contributed by atoms with van der Waals surface area (Å²) >= 11 is 5.05. The number of hydrogen-bond acceptors (Lipinski definition) is 4. The lowest BCUT2D eigenvalue weighted by atomic mass is 10.3. The molecule has 0 aliphatic rings. The van der Waals surface area contributed by atoms with Crippen molar-refractivity contribution in [3.8, 4) is 0 Å². The van der Waals surface area contributed by atoms with E-state index in [1.54, 1.807) is 33.3 Å². The average molecular weight is 329 g/mol. The van der Waals surface area contributed by atoms with Crippen LogP contribution in [0.25, 0.3) is 0 Å². The molecule has 0 unspecified atom stereocenters. The fourth-order valence-corrected chi connectivity index (χ4v) is 3.02. The first-order valence-corrected chi connectivity index (χ1v) is 7.13. The zero-order valence-corrected chi connectivity index (χ0v) is 12.3. The molecule has 0 spiro atoms. The predicted octanol–water partition coefficient (Wildman–Crippen LogP) is 2.15. The first kappa shape index (κ1) is 13.2. The van der Waals surface area contributed by atoms with Crippen molar-refractivity contribution >= 4 is 33.2 Å². The molecule has 1 amide bonds. The number of thiophene rings is 1. The van der Waals surface area contributed by atoms with E-state index in [-0.39, 0.29) is 5.91 Å². The van der Waals surface area contributed by atoms with Gasteiger partial charge in [-0.2, -0.15) is 0 Å². The second kappa shape index (κ2) is 6.10. The molecule has 0 aliphatic carbocycles. The minimum atomic E-state index is 0.107. The number of nitrogens with zero attached hydrogens (tertiary/aromatic N) is 4. The average Bonchev–Trinajstić information content (AvgIpc) is 2.97. The fourth-order valence-electron chi connectivity index (χ4n) is 1.51. The van der Waals surface area contributed by atoms with Crippen LogP contribution in [0.2, 0.25) is 0 Å². The van der Waals surface area contributed by atoms with E-state index in [1.807, 2.05) is 18.5 Å². The highest BCUT2D eigenvalue weighted by Crippen LogP contribution is 2.20. The maximum Gasteiger partial charge on any atom is 0.224 e. The van der Waals surface area contributed by atoms with Crippen LogP contribution in [-0.2, 0) is 17.9 Å². The number of carbonyl (C=O) groups excluding carboxylic acids is 1. The number of halogens is 1. The molecular weight excluding hydrogens is 316 g/mol. The van der Waals surface area contributed by atoms with Gasteiger partial charge in [0.2, 0.25) is 5.91 Å². The Kier molecular flexibility index (Phi) is 4.48. The van der Waals surface area contributed by atoms with E-state index >= 15 is 0 Å². The number of carbonyl (C=O) groups is 1. The van der Waals surface area contributed by atoms with E-state index in [0.717, 1.165) is 4.47 Å². The van der Waals surface area contributed by atoms with E-state index in [1.165, 1.54) is 4.88 Å². The number of hydrogen-bond donors (Lipinski definition) is 0. The molecule has 5 nitrogen and oxygen atoms in total. The van der Waals surface area contributed by atoms with E-state index in [0.29, 0.717) is 19.5 Å². The molecule has 0 atom stereocenters. The highest BCUT2D eigenvalue weighted by Gasteiger charge is 2.10. The third kappa shape index (κ3) is 3.64. The molecule has 18 heavy (non-hydrogen) atoms. The first-order chi connectivity index (χ1) is 8.65. The molecule has 0 N–H and O–H groups in total. The molecule has 7 heteroatoms. The summed E-state index contributed by atoms with van der Waals surface area (Å²) in [5.74, 6) is 0.107. The van der Waals surface area contributed by atoms with E-state index in [9.17, 15) is 4.79 Å². The summed E-state index contributed by atoms with van der Waals surface area (Å²) in [5, 5.41) is 9.54. The van der Waals surface area contributed by atoms with Gasteiger partial charge in [-0.1, -0.05) is 5.21 Å². The zero-order valence-electron chi connectivity index (χ0n) is 9.91. The standard InChI is InChI=1S/C11H13BrN4OS/c1-15(7-10-6-9(12)8-18-10)11(17)2-4-16-5-3-13-14-16/h3,5-6,8H,2,4,7H2,1H3. The summed E-state index contributed by atoms with van der Waals surface area (Å²) in [7, 11) is 1.82. The third-order valence-corrected chi connectivity index (χ3v) is 4.15. The van der Waals surface area contributed by atoms with Gasteiger partial charge < -0.3 is 4.90 Å². The van der Waals surface area contributed by atoms with E-state index in [4.69, 9.17) is 0 Å². The smallest absolute Gasteiger partial charge is 0.224 e. The molecule has 0 aliphatic heterocycles. The summed E-state index contributed by atoms with van der Waals surface area (Å²) < 4.78 is 2.72. The zero-order chi connectivity index (χ0) is 13.0. The van der Waals surface area contributed by atoms with Crippen LogP contribution in [0.1, 0.15) is 11.3 Å². The third-order valence-electron chi connectivity index (χ3n) is 2.47. The summed E-state index contributed by atoms with van der Waals surface area (Å²) in [6.07, 6.45) is 3.80. The summed E-state index contributed by atoms with van der Waals surface area (Å²) in [5.41, 5.74) is 0. The molecule has 2 rings (SSSR count). The van der Waals surface area contributed by atoms with Crippen LogP contribution in [0.5, 0.6) is 0 Å². The summed E-state index contributed by atoms with van der Waals surface area (Å²) in [4.78, 5) is 14.8. The number of rotatable bonds is 5. The van der Waals surface area contributed by atoms with Crippen LogP contribution in [0.4, 0.5) is 0 Å². The quantitative estimate of drug-likeness (QED) is 0.845. The van der Waals surface area contributed by atoms with Gasteiger partial charge >= 0.3 is 0 Å².